The number of hydrogen-bond donors (Lipinski definition) is 1. The van der Waals surface area contributed by atoms with Crippen LogP contribution in [0.25, 0.3) is 0 Å². The summed E-state index contributed by atoms with van der Waals surface area (Å²) in [5.74, 6) is 0. The quantitative estimate of drug-likeness (QED) is 0.664. The lowest BCUT2D eigenvalue weighted by Crippen LogP contribution is -2.25. The SMILES string of the molecule is CCC.CCCNC(C)CC. The molecule has 0 aromatic rings. The predicted octanol–water partition coefficient (Wildman–Crippen LogP) is 3.20. The van der Waals surface area contributed by atoms with Gasteiger partial charge in [0.1, 0.15) is 0 Å². The van der Waals surface area contributed by atoms with Crippen molar-refractivity contribution in [2.24, 2.45) is 0 Å². The highest BCUT2D eigenvalue weighted by atomic mass is 14.9. The first-order chi connectivity index (χ1) is 5.22. The summed E-state index contributed by atoms with van der Waals surface area (Å²) in [6, 6.07) is 0.704. The summed E-state index contributed by atoms with van der Waals surface area (Å²) in [5.41, 5.74) is 0. The fraction of sp³-hybridized carbons (Fsp3) is 1.00. The highest BCUT2D eigenvalue weighted by molar-refractivity contribution is 4.54. The van der Waals surface area contributed by atoms with Gasteiger partial charge in [0.25, 0.3) is 0 Å². The van der Waals surface area contributed by atoms with Gasteiger partial charge in [0.05, 0.1) is 0 Å². The third-order valence-electron chi connectivity index (χ3n) is 1.36. The summed E-state index contributed by atoms with van der Waals surface area (Å²) in [5, 5.41) is 3.38. The average Bonchev–Trinajstić information content (AvgIpc) is 2.02. The van der Waals surface area contributed by atoms with Crippen LogP contribution in [0.1, 0.15) is 53.9 Å². The minimum Gasteiger partial charge on any atom is -0.314 e. The first-order valence-corrected chi connectivity index (χ1v) is 4.96. The lowest BCUT2D eigenvalue weighted by molar-refractivity contribution is 0.533. The van der Waals surface area contributed by atoms with E-state index < -0.39 is 0 Å². The van der Waals surface area contributed by atoms with Crippen LogP contribution in [-0.4, -0.2) is 12.6 Å². The molecule has 0 bridgehead atoms. The van der Waals surface area contributed by atoms with E-state index in [1.807, 2.05) is 0 Å². The summed E-state index contributed by atoms with van der Waals surface area (Å²) in [6.45, 7) is 12.0. The van der Waals surface area contributed by atoms with Crippen molar-refractivity contribution in [1.82, 2.24) is 5.32 Å². The molecule has 0 aromatic heterocycles. The normalized spacial score (nSPS) is 11.7. The van der Waals surface area contributed by atoms with E-state index >= 15 is 0 Å². The Balaban J connectivity index is 0. The van der Waals surface area contributed by atoms with Crippen LogP contribution in [0, 0.1) is 0 Å². The van der Waals surface area contributed by atoms with E-state index in [9.17, 15) is 0 Å². The molecule has 11 heavy (non-hydrogen) atoms. The molecular weight excluding hydrogens is 134 g/mol. The Kier molecular flexibility index (Phi) is 15.5. The standard InChI is InChI=1S/C7H17N.C3H8/c1-4-6-8-7(3)5-2;1-3-2/h7-8H,4-6H2,1-3H3;3H2,1-2H3. The minimum absolute atomic E-state index is 0.704. The van der Waals surface area contributed by atoms with Crippen LogP contribution in [0.5, 0.6) is 0 Å². The average molecular weight is 159 g/mol. The van der Waals surface area contributed by atoms with Crippen molar-refractivity contribution in [2.75, 3.05) is 6.54 Å². The minimum atomic E-state index is 0.704. The predicted molar refractivity (Wildman–Crippen MR) is 54.0 cm³/mol. The zero-order valence-corrected chi connectivity index (χ0v) is 8.91. The van der Waals surface area contributed by atoms with Gasteiger partial charge in [-0.3, -0.25) is 0 Å². The molecular formula is C10H25N. The number of rotatable bonds is 4. The van der Waals surface area contributed by atoms with E-state index in [4.69, 9.17) is 0 Å². The third-order valence-corrected chi connectivity index (χ3v) is 1.36. The molecule has 0 aliphatic heterocycles. The van der Waals surface area contributed by atoms with E-state index in [0.29, 0.717) is 6.04 Å². The van der Waals surface area contributed by atoms with Gasteiger partial charge < -0.3 is 5.32 Å². The van der Waals surface area contributed by atoms with Gasteiger partial charge in [0.2, 0.25) is 0 Å². The van der Waals surface area contributed by atoms with E-state index in [1.165, 1.54) is 19.3 Å². The number of hydrogen-bond acceptors (Lipinski definition) is 1. The molecule has 1 N–H and O–H groups in total. The largest absolute Gasteiger partial charge is 0.314 e. The van der Waals surface area contributed by atoms with Gasteiger partial charge in [0, 0.05) is 6.04 Å². The lowest BCUT2D eigenvalue weighted by atomic mass is 10.2. The molecule has 0 aromatic carbocycles. The van der Waals surface area contributed by atoms with E-state index in [2.05, 4.69) is 39.9 Å². The van der Waals surface area contributed by atoms with Crippen LogP contribution >= 0.6 is 0 Å². The molecule has 1 heteroatoms. The molecule has 0 rings (SSSR count). The van der Waals surface area contributed by atoms with Crippen molar-refractivity contribution in [1.29, 1.82) is 0 Å². The Morgan fingerprint density at radius 1 is 1.09 bits per heavy atom. The van der Waals surface area contributed by atoms with Crippen LogP contribution in [0.15, 0.2) is 0 Å². The van der Waals surface area contributed by atoms with Gasteiger partial charge in [-0.25, -0.2) is 0 Å². The Labute approximate surface area is 72.6 Å². The third kappa shape index (κ3) is 17.8. The molecule has 1 unspecified atom stereocenters. The van der Waals surface area contributed by atoms with Gasteiger partial charge in [0.15, 0.2) is 0 Å². The van der Waals surface area contributed by atoms with Crippen LogP contribution in [0.4, 0.5) is 0 Å². The molecule has 0 saturated heterocycles. The lowest BCUT2D eigenvalue weighted by Gasteiger charge is -2.08. The summed E-state index contributed by atoms with van der Waals surface area (Å²) >= 11 is 0. The van der Waals surface area contributed by atoms with E-state index in [-0.39, 0.29) is 0 Å². The van der Waals surface area contributed by atoms with Crippen molar-refractivity contribution in [3.63, 3.8) is 0 Å². The smallest absolute Gasteiger partial charge is 0.00360 e. The first-order valence-electron chi connectivity index (χ1n) is 4.96. The van der Waals surface area contributed by atoms with Gasteiger partial charge >= 0.3 is 0 Å². The van der Waals surface area contributed by atoms with Crippen molar-refractivity contribution < 1.29 is 0 Å². The van der Waals surface area contributed by atoms with E-state index in [1.54, 1.807) is 0 Å². The van der Waals surface area contributed by atoms with Crippen molar-refractivity contribution in [2.45, 2.75) is 59.9 Å². The second-order valence-corrected chi connectivity index (χ2v) is 2.97. The van der Waals surface area contributed by atoms with Crippen LogP contribution in [-0.2, 0) is 0 Å². The maximum atomic E-state index is 3.38. The zero-order chi connectivity index (χ0) is 9.11. The Morgan fingerprint density at radius 3 is 1.82 bits per heavy atom. The van der Waals surface area contributed by atoms with Gasteiger partial charge in [-0.15, -0.1) is 0 Å². The van der Waals surface area contributed by atoms with Crippen molar-refractivity contribution in [3.05, 3.63) is 0 Å². The fourth-order valence-corrected chi connectivity index (χ4v) is 0.535. The molecule has 0 spiro atoms. The molecule has 1 nitrogen and oxygen atoms in total. The van der Waals surface area contributed by atoms with Crippen molar-refractivity contribution >= 4 is 0 Å². The summed E-state index contributed by atoms with van der Waals surface area (Å²) < 4.78 is 0. The second-order valence-electron chi connectivity index (χ2n) is 2.97. The Bertz CT molecular complexity index is 52.8. The Hall–Kier alpha value is -0.0400. The van der Waals surface area contributed by atoms with Gasteiger partial charge in [-0.05, 0) is 26.3 Å². The summed E-state index contributed by atoms with van der Waals surface area (Å²) in [6.07, 6.45) is 3.73. The zero-order valence-electron chi connectivity index (χ0n) is 8.91. The molecule has 0 aliphatic rings. The van der Waals surface area contributed by atoms with Crippen LogP contribution in [0.2, 0.25) is 0 Å². The summed E-state index contributed by atoms with van der Waals surface area (Å²) in [4.78, 5) is 0. The van der Waals surface area contributed by atoms with Crippen molar-refractivity contribution in [3.8, 4) is 0 Å². The van der Waals surface area contributed by atoms with E-state index in [0.717, 1.165) is 6.54 Å². The molecule has 0 radical (unpaired) electrons. The molecule has 0 fully saturated rings. The van der Waals surface area contributed by atoms with Crippen LogP contribution < -0.4 is 5.32 Å². The highest BCUT2D eigenvalue weighted by Gasteiger charge is 1.92. The van der Waals surface area contributed by atoms with Crippen LogP contribution in [0.3, 0.4) is 0 Å². The maximum absolute atomic E-state index is 3.38. The molecule has 0 amide bonds. The van der Waals surface area contributed by atoms with Gasteiger partial charge in [-0.1, -0.05) is 34.1 Å². The first kappa shape index (κ1) is 13.5. The summed E-state index contributed by atoms with van der Waals surface area (Å²) in [7, 11) is 0. The van der Waals surface area contributed by atoms with Gasteiger partial charge in [-0.2, -0.15) is 0 Å². The molecule has 1 atom stereocenters. The monoisotopic (exact) mass is 159 g/mol. The number of nitrogens with one attached hydrogen (secondary N) is 1. The molecule has 70 valence electrons. The molecule has 0 saturated carbocycles. The topological polar surface area (TPSA) is 12.0 Å². The molecule has 0 heterocycles. The highest BCUT2D eigenvalue weighted by Crippen LogP contribution is 1.86. The molecule has 0 aliphatic carbocycles. The fourth-order valence-electron chi connectivity index (χ4n) is 0.535. The Morgan fingerprint density at radius 2 is 1.55 bits per heavy atom. The second kappa shape index (κ2) is 12.6. The maximum Gasteiger partial charge on any atom is 0.00360 e.